The fourth-order valence-electron chi connectivity index (χ4n) is 2.30. The Hall–Kier alpha value is -2.38. The minimum atomic E-state index is -0.460. The Morgan fingerprint density at radius 2 is 2.12 bits per heavy atom. The van der Waals surface area contributed by atoms with Crippen LogP contribution in [0.3, 0.4) is 0 Å². The molecule has 4 nitrogen and oxygen atoms in total. The van der Waals surface area contributed by atoms with Gasteiger partial charge in [0.15, 0.2) is 0 Å². The summed E-state index contributed by atoms with van der Waals surface area (Å²) >= 11 is 3.06. The molecule has 0 aliphatic heterocycles. The predicted octanol–water partition coefficient (Wildman–Crippen LogP) is 4.94. The average Bonchev–Trinajstić information content (AvgIpc) is 3.18. The van der Waals surface area contributed by atoms with Gasteiger partial charge in [0.05, 0.1) is 23.9 Å². The maximum absolute atomic E-state index is 13.4. The molecule has 3 rings (SSSR count). The molecule has 0 radical (unpaired) electrons. The van der Waals surface area contributed by atoms with Crippen molar-refractivity contribution in [3.63, 3.8) is 0 Å². The molecule has 0 N–H and O–H groups in total. The van der Waals surface area contributed by atoms with Crippen LogP contribution in [0.4, 0.5) is 4.39 Å². The summed E-state index contributed by atoms with van der Waals surface area (Å²) in [6, 6.07) is 11.4. The molecule has 0 bridgehead atoms. The van der Waals surface area contributed by atoms with Crippen LogP contribution in [-0.4, -0.2) is 18.1 Å². The molecule has 0 unspecified atom stereocenters. The summed E-state index contributed by atoms with van der Waals surface area (Å²) in [5, 5.41) is 1.98. The van der Waals surface area contributed by atoms with E-state index in [1.807, 2.05) is 17.5 Å². The normalized spacial score (nSPS) is 10.5. The molecule has 1 heterocycles. The van der Waals surface area contributed by atoms with E-state index in [0.29, 0.717) is 22.6 Å². The second-order valence-electron chi connectivity index (χ2n) is 5.30. The second-order valence-corrected chi connectivity index (χ2v) is 7.03. The van der Waals surface area contributed by atoms with Gasteiger partial charge in [-0.25, -0.2) is 14.2 Å². The standard InChI is InChI=1S/C19H16FNO3S2/c1-23-17-7-6-14(20)8-13(17)9-24-19(22)16-4-2-3-5-18(16)26-11-15-10-25-12-21-15/h2-8,10,12H,9,11H2,1H3. The molecule has 0 aliphatic carbocycles. The largest absolute Gasteiger partial charge is 0.496 e. The van der Waals surface area contributed by atoms with Crippen LogP contribution in [0.5, 0.6) is 5.75 Å². The first-order chi connectivity index (χ1) is 12.7. The first-order valence-electron chi connectivity index (χ1n) is 7.76. The van der Waals surface area contributed by atoms with Crippen molar-refractivity contribution in [3.8, 4) is 5.75 Å². The number of hydrogen-bond donors (Lipinski definition) is 0. The van der Waals surface area contributed by atoms with Gasteiger partial charge in [0, 0.05) is 21.6 Å². The minimum absolute atomic E-state index is 0.0646. The Kier molecular flexibility index (Phi) is 6.25. The summed E-state index contributed by atoms with van der Waals surface area (Å²) in [5.41, 5.74) is 3.70. The number of thioether (sulfide) groups is 1. The van der Waals surface area contributed by atoms with Gasteiger partial charge in [0.2, 0.25) is 0 Å². The van der Waals surface area contributed by atoms with E-state index in [0.717, 1.165) is 10.6 Å². The monoisotopic (exact) mass is 389 g/mol. The van der Waals surface area contributed by atoms with Crippen LogP contribution in [0.25, 0.3) is 0 Å². The number of carbonyl (C=O) groups excluding carboxylic acids is 1. The fraction of sp³-hybridized carbons (Fsp3) is 0.158. The zero-order valence-corrected chi connectivity index (χ0v) is 15.6. The number of thiazole rings is 1. The summed E-state index contributed by atoms with van der Waals surface area (Å²) in [6.45, 7) is -0.0646. The molecule has 26 heavy (non-hydrogen) atoms. The second kappa shape index (κ2) is 8.82. The molecule has 0 amide bonds. The van der Waals surface area contributed by atoms with Gasteiger partial charge < -0.3 is 9.47 Å². The van der Waals surface area contributed by atoms with E-state index in [1.165, 1.54) is 48.4 Å². The maximum Gasteiger partial charge on any atom is 0.339 e. The molecule has 0 aliphatic rings. The predicted molar refractivity (Wildman–Crippen MR) is 100 cm³/mol. The van der Waals surface area contributed by atoms with Gasteiger partial charge in [-0.2, -0.15) is 0 Å². The van der Waals surface area contributed by atoms with Gasteiger partial charge in [-0.15, -0.1) is 23.1 Å². The first-order valence-corrected chi connectivity index (χ1v) is 9.68. The number of rotatable bonds is 7. The highest BCUT2D eigenvalue weighted by Crippen LogP contribution is 2.27. The lowest BCUT2D eigenvalue weighted by atomic mass is 10.2. The average molecular weight is 389 g/mol. The molecule has 7 heteroatoms. The number of benzene rings is 2. The van der Waals surface area contributed by atoms with Crippen LogP contribution in [0.15, 0.2) is 58.3 Å². The van der Waals surface area contributed by atoms with Crippen molar-refractivity contribution in [1.29, 1.82) is 0 Å². The molecule has 0 fully saturated rings. The van der Waals surface area contributed by atoms with Crippen LogP contribution in [-0.2, 0) is 17.1 Å². The van der Waals surface area contributed by atoms with Crippen LogP contribution >= 0.6 is 23.1 Å². The van der Waals surface area contributed by atoms with Crippen LogP contribution in [0.2, 0.25) is 0 Å². The molecule has 134 valence electrons. The Morgan fingerprint density at radius 1 is 1.27 bits per heavy atom. The molecule has 3 aromatic rings. The van der Waals surface area contributed by atoms with Crippen LogP contribution in [0, 0.1) is 5.82 Å². The third-order valence-corrected chi connectivity index (χ3v) is 5.31. The van der Waals surface area contributed by atoms with E-state index >= 15 is 0 Å². The molecule has 0 atom stereocenters. The lowest BCUT2D eigenvalue weighted by molar-refractivity contribution is 0.0465. The van der Waals surface area contributed by atoms with Crippen molar-refractivity contribution in [1.82, 2.24) is 4.98 Å². The Labute approximate surface area is 159 Å². The number of ether oxygens (including phenoxy) is 2. The fourth-order valence-corrected chi connectivity index (χ4v) is 3.91. The summed E-state index contributed by atoms with van der Waals surface area (Å²) in [7, 11) is 1.49. The van der Waals surface area contributed by atoms with Gasteiger partial charge in [-0.05, 0) is 30.3 Å². The van der Waals surface area contributed by atoms with Gasteiger partial charge in [0.1, 0.15) is 18.2 Å². The van der Waals surface area contributed by atoms with E-state index in [9.17, 15) is 9.18 Å². The van der Waals surface area contributed by atoms with E-state index in [2.05, 4.69) is 4.98 Å². The Bertz CT molecular complexity index is 884. The number of nitrogens with zero attached hydrogens (tertiary/aromatic N) is 1. The summed E-state index contributed by atoms with van der Waals surface area (Å²) < 4.78 is 24.0. The minimum Gasteiger partial charge on any atom is -0.496 e. The highest BCUT2D eigenvalue weighted by atomic mass is 32.2. The molecular formula is C19H16FNO3S2. The Balaban J connectivity index is 1.69. The highest BCUT2D eigenvalue weighted by molar-refractivity contribution is 7.98. The number of aromatic nitrogens is 1. The third-order valence-electron chi connectivity index (χ3n) is 3.57. The number of esters is 1. The molecule has 1 aromatic heterocycles. The van der Waals surface area contributed by atoms with E-state index in [-0.39, 0.29) is 6.61 Å². The Morgan fingerprint density at radius 3 is 2.88 bits per heavy atom. The molecule has 0 saturated carbocycles. The van der Waals surface area contributed by atoms with Crippen molar-refractivity contribution in [3.05, 3.63) is 76.0 Å². The van der Waals surface area contributed by atoms with Gasteiger partial charge >= 0.3 is 5.97 Å². The smallest absolute Gasteiger partial charge is 0.339 e. The van der Waals surface area contributed by atoms with Gasteiger partial charge in [0.25, 0.3) is 0 Å². The highest BCUT2D eigenvalue weighted by Gasteiger charge is 2.15. The number of halogens is 1. The number of hydrogen-bond acceptors (Lipinski definition) is 6. The van der Waals surface area contributed by atoms with Crippen molar-refractivity contribution in [2.24, 2.45) is 0 Å². The molecule has 0 spiro atoms. The zero-order valence-electron chi connectivity index (χ0n) is 14.0. The molecular weight excluding hydrogens is 373 g/mol. The van der Waals surface area contributed by atoms with E-state index < -0.39 is 11.8 Å². The lowest BCUT2D eigenvalue weighted by Crippen LogP contribution is -2.07. The summed E-state index contributed by atoms with van der Waals surface area (Å²) in [5.74, 6) is 0.282. The van der Waals surface area contributed by atoms with E-state index in [1.54, 1.807) is 17.6 Å². The van der Waals surface area contributed by atoms with E-state index in [4.69, 9.17) is 9.47 Å². The summed E-state index contributed by atoms with van der Waals surface area (Å²) in [4.78, 5) is 17.6. The summed E-state index contributed by atoms with van der Waals surface area (Å²) in [6.07, 6.45) is 0. The van der Waals surface area contributed by atoms with Crippen LogP contribution in [0.1, 0.15) is 21.6 Å². The first kappa shape index (κ1) is 18.4. The molecule has 0 saturated heterocycles. The van der Waals surface area contributed by atoms with Gasteiger partial charge in [-0.1, -0.05) is 12.1 Å². The van der Waals surface area contributed by atoms with Crippen molar-refractivity contribution in [2.75, 3.05) is 7.11 Å². The number of methoxy groups -OCH3 is 1. The lowest BCUT2D eigenvalue weighted by Gasteiger charge is -2.11. The molecule has 2 aromatic carbocycles. The van der Waals surface area contributed by atoms with Gasteiger partial charge in [-0.3, -0.25) is 0 Å². The quantitative estimate of drug-likeness (QED) is 0.423. The maximum atomic E-state index is 13.4. The third kappa shape index (κ3) is 4.62. The SMILES string of the molecule is COc1ccc(F)cc1COC(=O)c1ccccc1SCc1cscn1. The number of carbonyl (C=O) groups is 1. The zero-order chi connectivity index (χ0) is 18.4. The van der Waals surface area contributed by atoms with Crippen molar-refractivity contribution in [2.45, 2.75) is 17.3 Å². The van der Waals surface area contributed by atoms with Crippen LogP contribution < -0.4 is 4.74 Å². The van der Waals surface area contributed by atoms with Crippen molar-refractivity contribution >= 4 is 29.1 Å². The van der Waals surface area contributed by atoms with Crippen molar-refractivity contribution < 1.29 is 18.7 Å². The topological polar surface area (TPSA) is 48.4 Å².